The van der Waals surface area contributed by atoms with E-state index in [1.807, 2.05) is 0 Å². The van der Waals surface area contributed by atoms with E-state index in [-0.39, 0.29) is 17.4 Å². The number of amides is 1. The van der Waals surface area contributed by atoms with Gasteiger partial charge >= 0.3 is 0 Å². The number of aromatic nitrogens is 1. The monoisotopic (exact) mass is 394 g/mol. The predicted octanol–water partition coefficient (Wildman–Crippen LogP) is 4.28. The Morgan fingerprint density at radius 1 is 1.10 bits per heavy atom. The first-order valence-corrected chi connectivity index (χ1v) is 9.95. The molecular weight excluding hydrogens is 371 g/mol. The number of Topliss-reactive ketones (excluding diaryl/α,β-unsaturated/α-hetero) is 1. The van der Waals surface area contributed by atoms with Crippen LogP contribution in [0.2, 0.25) is 0 Å². The summed E-state index contributed by atoms with van der Waals surface area (Å²) in [4.78, 5) is 31.7. The number of rotatable bonds is 3. The van der Waals surface area contributed by atoms with E-state index in [1.54, 1.807) is 36.4 Å². The predicted molar refractivity (Wildman–Crippen MR) is 106 cm³/mol. The molecule has 2 heterocycles. The van der Waals surface area contributed by atoms with E-state index in [4.69, 9.17) is 0 Å². The number of likely N-dealkylation sites (tertiary alicyclic amines) is 1. The van der Waals surface area contributed by atoms with E-state index in [2.05, 4.69) is 4.98 Å². The molecule has 1 saturated carbocycles. The largest absolute Gasteiger partial charge is 0.507 e. The van der Waals surface area contributed by atoms with Gasteiger partial charge in [0.2, 0.25) is 0 Å². The maximum Gasteiger partial charge on any atom is 0.295 e. The molecule has 1 aliphatic heterocycles. The van der Waals surface area contributed by atoms with Gasteiger partial charge in [0.15, 0.2) is 0 Å². The Hall–Kier alpha value is -3.02. The van der Waals surface area contributed by atoms with Crippen LogP contribution in [0, 0.1) is 12.7 Å². The minimum absolute atomic E-state index is 0.0429. The Bertz CT molecular complexity index is 981. The number of hydrogen-bond acceptors (Lipinski definition) is 4. The summed E-state index contributed by atoms with van der Waals surface area (Å²) in [6.07, 6.45) is 8.03. The Kier molecular flexibility index (Phi) is 5.18. The maximum absolute atomic E-state index is 13.7. The lowest BCUT2D eigenvalue weighted by Crippen LogP contribution is -2.40. The van der Waals surface area contributed by atoms with Gasteiger partial charge in [-0.2, -0.15) is 0 Å². The molecule has 29 heavy (non-hydrogen) atoms. The summed E-state index contributed by atoms with van der Waals surface area (Å²) in [6, 6.07) is 6.97. The molecule has 1 saturated heterocycles. The van der Waals surface area contributed by atoms with Gasteiger partial charge in [0.05, 0.1) is 11.6 Å². The standard InChI is InChI=1S/C23H23FN2O3/c1-14-13-16(7-8-18(14)24)21(27)19-20(15-9-11-25-12-10-15)26(23(29)22(19)28)17-5-3-2-4-6-17/h7-13,17,20,27H,2-6H2,1H3/b21-19-. The first-order valence-electron chi connectivity index (χ1n) is 9.95. The van der Waals surface area contributed by atoms with Crippen molar-refractivity contribution in [2.45, 2.75) is 51.1 Å². The van der Waals surface area contributed by atoms with E-state index in [0.29, 0.717) is 11.1 Å². The van der Waals surface area contributed by atoms with Crippen molar-refractivity contribution >= 4 is 17.4 Å². The second-order valence-corrected chi connectivity index (χ2v) is 7.74. The van der Waals surface area contributed by atoms with Gasteiger partial charge < -0.3 is 10.0 Å². The third-order valence-corrected chi connectivity index (χ3v) is 5.90. The minimum Gasteiger partial charge on any atom is -0.507 e. The summed E-state index contributed by atoms with van der Waals surface area (Å²) < 4.78 is 13.7. The molecule has 1 aromatic heterocycles. The summed E-state index contributed by atoms with van der Waals surface area (Å²) >= 11 is 0. The molecule has 2 aromatic rings. The normalized spacial score (nSPS) is 22.3. The van der Waals surface area contributed by atoms with Crippen LogP contribution in [0.15, 0.2) is 48.3 Å². The topological polar surface area (TPSA) is 70.5 Å². The van der Waals surface area contributed by atoms with Crippen molar-refractivity contribution in [3.05, 3.63) is 70.8 Å². The van der Waals surface area contributed by atoms with Crippen LogP contribution in [-0.2, 0) is 9.59 Å². The van der Waals surface area contributed by atoms with E-state index in [9.17, 15) is 19.1 Å². The summed E-state index contributed by atoms with van der Waals surface area (Å²) in [5.74, 6) is -1.95. The molecule has 0 bridgehead atoms. The number of halogens is 1. The Morgan fingerprint density at radius 2 is 1.79 bits per heavy atom. The summed E-state index contributed by atoms with van der Waals surface area (Å²) in [6.45, 7) is 1.59. The highest BCUT2D eigenvalue weighted by molar-refractivity contribution is 6.46. The van der Waals surface area contributed by atoms with Gasteiger partial charge in [0, 0.05) is 24.0 Å². The molecule has 1 unspecified atom stereocenters. The number of ketones is 1. The lowest BCUT2D eigenvalue weighted by atomic mass is 9.91. The van der Waals surface area contributed by atoms with Crippen LogP contribution in [-0.4, -0.2) is 32.7 Å². The van der Waals surface area contributed by atoms with Gasteiger partial charge in [0.1, 0.15) is 11.6 Å². The van der Waals surface area contributed by atoms with Crippen molar-refractivity contribution in [2.24, 2.45) is 0 Å². The maximum atomic E-state index is 13.7. The average Bonchev–Trinajstić information content (AvgIpc) is 3.01. The lowest BCUT2D eigenvalue weighted by Gasteiger charge is -2.35. The molecule has 2 fully saturated rings. The van der Waals surface area contributed by atoms with Crippen molar-refractivity contribution in [2.75, 3.05) is 0 Å². The van der Waals surface area contributed by atoms with E-state index in [1.165, 1.54) is 18.2 Å². The molecular formula is C23H23FN2O3. The number of hydrogen-bond donors (Lipinski definition) is 1. The highest BCUT2D eigenvalue weighted by atomic mass is 19.1. The van der Waals surface area contributed by atoms with Crippen molar-refractivity contribution in [1.82, 2.24) is 9.88 Å². The number of pyridine rings is 1. The summed E-state index contributed by atoms with van der Waals surface area (Å²) in [5, 5.41) is 11.0. The third-order valence-electron chi connectivity index (χ3n) is 5.90. The molecule has 6 heteroatoms. The van der Waals surface area contributed by atoms with Gasteiger partial charge in [-0.25, -0.2) is 4.39 Å². The fourth-order valence-electron chi connectivity index (χ4n) is 4.41. The van der Waals surface area contributed by atoms with Gasteiger partial charge in [-0.1, -0.05) is 19.3 Å². The molecule has 4 rings (SSSR count). The summed E-state index contributed by atoms with van der Waals surface area (Å²) in [5.41, 5.74) is 1.46. The average molecular weight is 394 g/mol. The van der Waals surface area contributed by atoms with Gasteiger partial charge in [0.25, 0.3) is 11.7 Å². The zero-order valence-corrected chi connectivity index (χ0v) is 16.3. The molecule has 5 nitrogen and oxygen atoms in total. The molecule has 1 amide bonds. The number of carbonyl (C=O) groups excluding carboxylic acids is 2. The van der Waals surface area contributed by atoms with Crippen LogP contribution in [0.25, 0.3) is 5.76 Å². The highest BCUT2D eigenvalue weighted by Gasteiger charge is 2.48. The lowest BCUT2D eigenvalue weighted by molar-refractivity contribution is -0.141. The van der Waals surface area contributed by atoms with E-state index < -0.39 is 23.5 Å². The number of aliphatic hydroxyl groups is 1. The minimum atomic E-state index is -0.697. The molecule has 1 atom stereocenters. The smallest absolute Gasteiger partial charge is 0.295 e. The molecule has 1 aliphatic carbocycles. The van der Waals surface area contributed by atoms with Crippen molar-refractivity contribution < 1.29 is 19.1 Å². The Morgan fingerprint density at radius 3 is 2.45 bits per heavy atom. The van der Waals surface area contributed by atoms with Crippen LogP contribution in [0.1, 0.15) is 54.8 Å². The molecule has 0 radical (unpaired) electrons. The fourth-order valence-corrected chi connectivity index (χ4v) is 4.41. The van der Waals surface area contributed by atoms with Crippen LogP contribution >= 0.6 is 0 Å². The Labute approximate surface area is 168 Å². The zero-order valence-electron chi connectivity index (χ0n) is 16.3. The fraction of sp³-hybridized carbons (Fsp3) is 0.348. The number of carbonyl (C=O) groups is 2. The first-order chi connectivity index (χ1) is 14.0. The molecule has 1 N–H and O–H groups in total. The van der Waals surface area contributed by atoms with Gasteiger partial charge in [-0.15, -0.1) is 0 Å². The number of benzene rings is 1. The second kappa shape index (κ2) is 7.78. The van der Waals surface area contributed by atoms with Gasteiger partial charge in [-0.3, -0.25) is 14.6 Å². The molecule has 0 spiro atoms. The van der Waals surface area contributed by atoms with Crippen LogP contribution < -0.4 is 0 Å². The molecule has 1 aromatic carbocycles. The van der Waals surface area contributed by atoms with Crippen molar-refractivity contribution in [3.63, 3.8) is 0 Å². The third kappa shape index (κ3) is 3.43. The van der Waals surface area contributed by atoms with Gasteiger partial charge in [-0.05, 0) is 61.2 Å². The molecule has 150 valence electrons. The van der Waals surface area contributed by atoms with Crippen LogP contribution in [0.5, 0.6) is 0 Å². The number of aliphatic hydroxyl groups excluding tert-OH is 1. The SMILES string of the molecule is Cc1cc(/C(O)=C2/C(=O)C(=O)N(C3CCCCC3)C2c2ccncc2)ccc1F. The number of nitrogens with zero attached hydrogens (tertiary/aromatic N) is 2. The second-order valence-electron chi connectivity index (χ2n) is 7.74. The number of aryl methyl sites for hydroxylation is 1. The van der Waals surface area contributed by atoms with Crippen LogP contribution in [0.3, 0.4) is 0 Å². The first kappa shape index (κ1) is 19.3. The highest BCUT2D eigenvalue weighted by Crippen LogP contribution is 2.42. The Balaban J connectivity index is 1.87. The van der Waals surface area contributed by atoms with Crippen molar-refractivity contribution in [3.8, 4) is 0 Å². The summed E-state index contributed by atoms with van der Waals surface area (Å²) in [7, 11) is 0. The van der Waals surface area contributed by atoms with E-state index in [0.717, 1.165) is 37.7 Å². The zero-order chi connectivity index (χ0) is 20.5. The quantitative estimate of drug-likeness (QED) is 0.479. The van der Waals surface area contributed by atoms with E-state index >= 15 is 0 Å². The molecule has 2 aliphatic rings. The van der Waals surface area contributed by atoms with Crippen LogP contribution in [0.4, 0.5) is 4.39 Å². The van der Waals surface area contributed by atoms with Crippen molar-refractivity contribution in [1.29, 1.82) is 0 Å².